The Labute approximate surface area is 198 Å². The molecule has 2 heterocycles. The van der Waals surface area contributed by atoms with Crippen molar-refractivity contribution >= 4 is 50.7 Å². The number of hydrogen-bond acceptors (Lipinski definition) is 5. The van der Waals surface area contributed by atoms with E-state index >= 15 is 0 Å². The van der Waals surface area contributed by atoms with Gasteiger partial charge in [-0.15, -0.1) is 0 Å². The molecule has 0 aliphatic carbocycles. The zero-order chi connectivity index (χ0) is 22.8. The lowest BCUT2D eigenvalue weighted by atomic mass is 9.96. The minimum absolute atomic E-state index is 0.0708. The molecule has 1 unspecified atom stereocenters. The summed E-state index contributed by atoms with van der Waals surface area (Å²) < 4.78 is 6.25. The molecule has 0 spiro atoms. The van der Waals surface area contributed by atoms with E-state index in [1.54, 1.807) is 60.9 Å². The molecule has 1 amide bonds. The molecule has 0 bridgehead atoms. The third-order valence-electron chi connectivity index (χ3n) is 5.03. The number of anilines is 1. The van der Waals surface area contributed by atoms with Gasteiger partial charge in [0.1, 0.15) is 11.5 Å². The molecule has 1 atom stereocenters. The number of Topliss-reactive ketones (excluding diaryl/α,β-unsaturated/α-hetero) is 1. The van der Waals surface area contributed by atoms with Crippen LogP contribution >= 0.6 is 27.5 Å². The fraction of sp³-hybridized carbons (Fsp3) is 0.125. The number of carbonyl (C=O) groups excluding carboxylic acids is 2. The first-order chi connectivity index (χ1) is 15.4. The van der Waals surface area contributed by atoms with E-state index < -0.39 is 17.7 Å². The second-order valence-electron chi connectivity index (χ2n) is 7.01. The number of aliphatic hydroxyl groups excluding tert-OH is 1. The third-order valence-corrected chi connectivity index (χ3v) is 5.86. The van der Waals surface area contributed by atoms with Gasteiger partial charge >= 0.3 is 0 Å². The predicted octanol–water partition coefficient (Wildman–Crippen LogP) is 5.52. The standard InChI is InChI=1S/C24H18BrClN2O4/c1-2-32-17-8-9-19(26)18(12-17)22(29)20-21(14-5-4-10-27-13-14)28(24(31)23(20)30)16-7-3-6-15(25)11-16/h3-13,21,29H,2H2,1H3/b22-20+. The normalized spacial score (nSPS) is 17.6. The number of aromatic nitrogens is 1. The molecule has 4 rings (SSSR count). The van der Waals surface area contributed by atoms with E-state index in [0.717, 1.165) is 4.47 Å². The Kier molecular flexibility index (Phi) is 6.30. The number of pyridine rings is 1. The first-order valence-corrected chi connectivity index (χ1v) is 11.0. The van der Waals surface area contributed by atoms with E-state index in [9.17, 15) is 14.7 Å². The SMILES string of the molecule is CCOc1ccc(Cl)c(/C(O)=C2\C(=O)C(=O)N(c3cccc(Br)c3)C2c2cccnc2)c1. The maximum Gasteiger partial charge on any atom is 0.300 e. The number of carbonyl (C=O) groups is 2. The topological polar surface area (TPSA) is 79.7 Å². The van der Waals surface area contributed by atoms with Crippen LogP contribution in [0.25, 0.3) is 5.76 Å². The number of ketones is 1. The molecule has 0 radical (unpaired) electrons. The van der Waals surface area contributed by atoms with Gasteiger partial charge in [0.05, 0.1) is 23.2 Å². The minimum atomic E-state index is -0.884. The zero-order valence-electron chi connectivity index (χ0n) is 17.0. The molecule has 6 nitrogen and oxygen atoms in total. The molecule has 162 valence electrons. The third kappa shape index (κ3) is 4.01. The zero-order valence-corrected chi connectivity index (χ0v) is 19.3. The van der Waals surface area contributed by atoms with Crippen LogP contribution < -0.4 is 9.64 Å². The monoisotopic (exact) mass is 512 g/mol. The van der Waals surface area contributed by atoms with E-state index in [4.69, 9.17) is 16.3 Å². The van der Waals surface area contributed by atoms with Crippen LogP contribution in [0, 0.1) is 0 Å². The average Bonchev–Trinajstić information content (AvgIpc) is 3.06. The van der Waals surface area contributed by atoms with Crippen LogP contribution in [0.5, 0.6) is 5.75 Å². The Morgan fingerprint density at radius 3 is 2.69 bits per heavy atom. The molecule has 1 fully saturated rings. The number of halogens is 2. The number of benzene rings is 2. The van der Waals surface area contributed by atoms with Crippen LogP contribution in [0.1, 0.15) is 24.1 Å². The van der Waals surface area contributed by atoms with Crippen LogP contribution in [-0.2, 0) is 9.59 Å². The van der Waals surface area contributed by atoms with Gasteiger partial charge in [0.2, 0.25) is 0 Å². The molecule has 0 saturated carbocycles. The van der Waals surface area contributed by atoms with Crippen molar-refractivity contribution in [1.29, 1.82) is 0 Å². The van der Waals surface area contributed by atoms with Crippen LogP contribution in [0.15, 0.2) is 77.0 Å². The van der Waals surface area contributed by atoms with Gasteiger partial charge in [-0.2, -0.15) is 0 Å². The van der Waals surface area contributed by atoms with Crippen LogP contribution in [0.2, 0.25) is 5.02 Å². The van der Waals surface area contributed by atoms with E-state index in [2.05, 4.69) is 20.9 Å². The summed E-state index contributed by atoms with van der Waals surface area (Å²) in [6.07, 6.45) is 3.16. The fourth-order valence-corrected chi connectivity index (χ4v) is 4.26. The van der Waals surface area contributed by atoms with Gasteiger partial charge in [-0.1, -0.05) is 39.7 Å². The number of ether oxygens (including phenoxy) is 1. The van der Waals surface area contributed by atoms with Crippen molar-refractivity contribution in [3.63, 3.8) is 0 Å². The summed E-state index contributed by atoms with van der Waals surface area (Å²) in [7, 11) is 0. The molecular formula is C24H18BrClN2O4. The van der Waals surface area contributed by atoms with Gasteiger partial charge in [0, 0.05) is 28.1 Å². The predicted molar refractivity (Wildman–Crippen MR) is 126 cm³/mol. The van der Waals surface area contributed by atoms with E-state index in [1.165, 1.54) is 4.90 Å². The molecule has 1 aromatic heterocycles. The second kappa shape index (κ2) is 9.14. The second-order valence-corrected chi connectivity index (χ2v) is 8.33. The summed E-state index contributed by atoms with van der Waals surface area (Å²) in [5.74, 6) is -1.45. The summed E-state index contributed by atoms with van der Waals surface area (Å²) in [6, 6.07) is 14.4. The van der Waals surface area contributed by atoms with Gasteiger partial charge in [0.15, 0.2) is 0 Å². The quantitative estimate of drug-likeness (QED) is 0.276. The summed E-state index contributed by atoms with van der Waals surface area (Å²) in [5.41, 5.74) is 1.21. The minimum Gasteiger partial charge on any atom is -0.507 e. The Hall–Kier alpha value is -3.16. The molecule has 1 aliphatic rings. The largest absolute Gasteiger partial charge is 0.507 e. The molecule has 2 aromatic carbocycles. The van der Waals surface area contributed by atoms with Crippen LogP contribution in [0.4, 0.5) is 5.69 Å². The van der Waals surface area contributed by atoms with Gasteiger partial charge in [-0.25, -0.2) is 0 Å². The van der Waals surface area contributed by atoms with Crippen molar-refractivity contribution in [2.75, 3.05) is 11.5 Å². The summed E-state index contributed by atoms with van der Waals surface area (Å²) in [5, 5.41) is 11.5. The lowest BCUT2D eigenvalue weighted by Crippen LogP contribution is -2.29. The smallest absolute Gasteiger partial charge is 0.300 e. The first kappa shape index (κ1) is 22.0. The number of amides is 1. The summed E-state index contributed by atoms with van der Waals surface area (Å²) in [6.45, 7) is 2.25. The first-order valence-electron chi connectivity index (χ1n) is 9.81. The lowest BCUT2D eigenvalue weighted by Gasteiger charge is -2.25. The highest BCUT2D eigenvalue weighted by molar-refractivity contribution is 9.10. The number of hydrogen-bond donors (Lipinski definition) is 1. The molecular weight excluding hydrogens is 496 g/mol. The van der Waals surface area contributed by atoms with Crippen molar-refractivity contribution in [2.45, 2.75) is 13.0 Å². The number of aliphatic hydroxyl groups is 1. The van der Waals surface area contributed by atoms with Crippen molar-refractivity contribution in [3.8, 4) is 5.75 Å². The van der Waals surface area contributed by atoms with Crippen molar-refractivity contribution in [1.82, 2.24) is 4.98 Å². The van der Waals surface area contributed by atoms with Gasteiger partial charge in [-0.3, -0.25) is 19.5 Å². The fourth-order valence-electron chi connectivity index (χ4n) is 3.67. The van der Waals surface area contributed by atoms with Crippen LogP contribution in [0.3, 0.4) is 0 Å². The number of rotatable bonds is 5. The van der Waals surface area contributed by atoms with Gasteiger partial charge in [0.25, 0.3) is 11.7 Å². The molecule has 1 aliphatic heterocycles. The molecule has 32 heavy (non-hydrogen) atoms. The van der Waals surface area contributed by atoms with Gasteiger partial charge < -0.3 is 9.84 Å². The van der Waals surface area contributed by atoms with Gasteiger partial charge in [-0.05, 0) is 55.0 Å². The molecule has 8 heteroatoms. The summed E-state index contributed by atoms with van der Waals surface area (Å²) in [4.78, 5) is 31.8. The Bertz CT molecular complexity index is 1230. The van der Waals surface area contributed by atoms with Crippen LogP contribution in [-0.4, -0.2) is 28.4 Å². The van der Waals surface area contributed by atoms with E-state index in [0.29, 0.717) is 23.6 Å². The van der Waals surface area contributed by atoms with E-state index in [1.807, 2.05) is 13.0 Å². The Balaban J connectivity index is 1.95. The number of nitrogens with zero attached hydrogens (tertiary/aromatic N) is 2. The van der Waals surface area contributed by atoms with Crippen molar-refractivity contribution < 1.29 is 19.4 Å². The lowest BCUT2D eigenvalue weighted by molar-refractivity contribution is -0.132. The average molecular weight is 514 g/mol. The molecule has 3 aromatic rings. The van der Waals surface area contributed by atoms with E-state index in [-0.39, 0.29) is 21.9 Å². The maximum atomic E-state index is 13.2. The highest BCUT2D eigenvalue weighted by atomic mass is 79.9. The molecule has 1 N–H and O–H groups in total. The highest BCUT2D eigenvalue weighted by Crippen LogP contribution is 2.43. The maximum absolute atomic E-state index is 13.2. The highest BCUT2D eigenvalue weighted by Gasteiger charge is 2.47. The Morgan fingerprint density at radius 2 is 2.00 bits per heavy atom. The Morgan fingerprint density at radius 1 is 1.19 bits per heavy atom. The van der Waals surface area contributed by atoms with Crippen molar-refractivity contribution in [2.24, 2.45) is 0 Å². The molecule has 1 saturated heterocycles. The summed E-state index contributed by atoms with van der Waals surface area (Å²) >= 11 is 9.75. The van der Waals surface area contributed by atoms with Crippen molar-refractivity contribution in [3.05, 3.63) is 93.2 Å².